The summed E-state index contributed by atoms with van der Waals surface area (Å²) in [6, 6.07) is 3.81. The molecule has 1 saturated heterocycles. The van der Waals surface area contributed by atoms with Gasteiger partial charge in [0.15, 0.2) is 0 Å². The molecule has 7 nitrogen and oxygen atoms in total. The van der Waals surface area contributed by atoms with Crippen molar-refractivity contribution < 1.29 is 14.3 Å². The van der Waals surface area contributed by atoms with Crippen LogP contribution in [0.15, 0.2) is 17.5 Å². The van der Waals surface area contributed by atoms with Gasteiger partial charge in [0.1, 0.15) is 0 Å². The molecule has 0 N–H and O–H groups in total. The molecule has 0 bridgehead atoms. The maximum absolute atomic E-state index is 13.0. The summed E-state index contributed by atoms with van der Waals surface area (Å²) in [5.74, 6) is 1.92. The third-order valence-electron chi connectivity index (χ3n) is 5.33. The van der Waals surface area contributed by atoms with Crippen molar-refractivity contribution in [1.29, 1.82) is 0 Å². The number of piperidine rings is 1. The highest BCUT2D eigenvalue weighted by Crippen LogP contribution is 2.29. The third kappa shape index (κ3) is 3.71. The lowest BCUT2D eigenvalue weighted by Gasteiger charge is -2.35. The SMILES string of the molecule is COc1cc(OC)nc(N2CCC(C(=O)N3CCc4sccc4C3)CC2)n1. The van der Waals surface area contributed by atoms with Crippen LogP contribution in [-0.4, -0.2) is 54.6 Å². The Balaban J connectivity index is 1.38. The van der Waals surface area contributed by atoms with Gasteiger partial charge in [-0.15, -0.1) is 11.3 Å². The second-order valence-corrected chi connectivity index (χ2v) is 7.89. The van der Waals surface area contributed by atoms with Crippen molar-refractivity contribution in [3.63, 3.8) is 0 Å². The minimum absolute atomic E-state index is 0.0777. The molecule has 0 aliphatic carbocycles. The third-order valence-corrected chi connectivity index (χ3v) is 6.35. The van der Waals surface area contributed by atoms with Gasteiger partial charge < -0.3 is 19.3 Å². The summed E-state index contributed by atoms with van der Waals surface area (Å²) in [4.78, 5) is 27.4. The van der Waals surface area contributed by atoms with Gasteiger partial charge in [0.05, 0.1) is 20.3 Å². The summed E-state index contributed by atoms with van der Waals surface area (Å²) in [7, 11) is 3.15. The summed E-state index contributed by atoms with van der Waals surface area (Å²) >= 11 is 1.80. The second kappa shape index (κ2) is 7.72. The summed E-state index contributed by atoms with van der Waals surface area (Å²) in [6.07, 6.45) is 2.61. The van der Waals surface area contributed by atoms with Gasteiger partial charge in [-0.3, -0.25) is 4.79 Å². The van der Waals surface area contributed by atoms with Gasteiger partial charge in [-0.2, -0.15) is 9.97 Å². The standard InChI is InChI=1S/C19H24N4O3S/c1-25-16-11-17(26-2)21-19(20-16)22-7-3-13(4-8-22)18(24)23-9-5-15-14(12-23)6-10-27-15/h6,10-11,13H,3-5,7-9,12H2,1-2H3. The Morgan fingerprint density at radius 2 is 1.85 bits per heavy atom. The van der Waals surface area contributed by atoms with E-state index in [0.717, 1.165) is 45.4 Å². The summed E-state index contributed by atoms with van der Waals surface area (Å²) in [5, 5.41) is 2.12. The number of amides is 1. The number of hydrogen-bond acceptors (Lipinski definition) is 7. The first-order valence-corrected chi connectivity index (χ1v) is 10.1. The Kier molecular flexibility index (Phi) is 5.15. The number of thiophene rings is 1. The minimum Gasteiger partial charge on any atom is -0.481 e. The second-order valence-electron chi connectivity index (χ2n) is 6.89. The van der Waals surface area contributed by atoms with Gasteiger partial charge in [0.2, 0.25) is 23.6 Å². The van der Waals surface area contributed by atoms with E-state index in [2.05, 4.69) is 26.3 Å². The van der Waals surface area contributed by atoms with Crippen LogP contribution in [-0.2, 0) is 17.8 Å². The molecule has 2 aromatic rings. The Morgan fingerprint density at radius 1 is 1.15 bits per heavy atom. The molecule has 0 aromatic carbocycles. The summed E-state index contributed by atoms with van der Waals surface area (Å²) in [5.41, 5.74) is 1.31. The van der Waals surface area contributed by atoms with Gasteiger partial charge in [-0.05, 0) is 36.3 Å². The van der Waals surface area contributed by atoms with Gasteiger partial charge in [-0.25, -0.2) is 0 Å². The number of methoxy groups -OCH3 is 2. The summed E-state index contributed by atoms with van der Waals surface area (Å²) < 4.78 is 10.5. The molecule has 4 heterocycles. The highest BCUT2D eigenvalue weighted by atomic mass is 32.1. The molecule has 0 atom stereocenters. The first-order chi connectivity index (χ1) is 13.2. The number of carbonyl (C=O) groups is 1. The quantitative estimate of drug-likeness (QED) is 0.801. The van der Waals surface area contributed by atoms with E-state index >= 15 is 0 Å². The number of rotatable bonds is 4. The van der Waals surface area contributed by atoms with Gasteiger partial charge in [-0.1, -0.05) is 0 Å². The average molecular weight is 388 g/mol. The number of carbonyl (C=O) groups excluding carboxylic acids is 1. The van der Waals surface area contributed by atoms with Gasteiger partial charge in [0.25, 0.3) is 0 Å². The van der Waals surface area contributed by atoms with Crippen molar-refractivity contribution in [2.45, 2.75) is 25.8 Å². The molecule has 144 valence electrons. The molecular weight excluding hydrogens is 364 g/mol. The van der Waals surface area contributed by atoms with Crippen LogP contribution in [0.2, 0.25) is 0 Å². The van der Waals surface area contributed by atoms with E-state index < -0.39 is 0 Å². The zero-order valence-electron chi connectivity index (χ0n) is 15.7. The van der Waals surface area contributed by atoms with E-state index in [4.69, 9.17) is 9.47 Å². The van der Waals surface area contributed by atoms with Gasteiger partial charge >= 0.3 is 0 Å². The first kappa shape index (κ1) is 18.0. The van der Waals surface area contributed by atoms with Crippen LogP contribution in [0.4, 0.5) is 5.95 Å². The molecule has 0 radical (unpaired) electrons. The van der Waals surface area contributed by atoms with Crippen molar-refractivity contribution in [2.75, 3.05) is 38.8 Å². The van der Waals surface area contributed by atoms with E-state index in [1.807, 2.05) is 4.90 Å². The van der Waals surface area contributed by atoms with Gasteiger partial charge in [0, 0.05) is 37.0 Å². The number of aromatic nitrogens is 2. The van der Waals surface area contributed by atoms with Crippen LogP contribution in [0.3, 0.4) is 0 Å². The smallest absolute Gasteiger partial charge is 0.231 e. The Hall–Kier alpha value is -2.35. The maximum Gasteiger partial charge on any atom is 0.231 e. The van der Waals surface area contributed by atoms with Crippen molar-refractivity contribution in [3.05, 3.63) is 28.0 Å². The van der Waals surface area contributed by atoms with Crippen LogP contribution in [0.5, 0.6) is 11.8 Å². The lowest BCUT2D eigenvalue weighted by molar-refractivity contribution is -0.137. The maximum atomic E-state index is 13.0. The fourth-order valence-electron chi connectivity index (χ4n) is 3.76. The molecule has 0 saturated carbocycles. The van der Waals surface area contributed by atoms with Crippen LogP contribution in [0, 0.1) is 5.92 Å². The molecule has 2 aromatic heterocycles. The first-order valence-electron chi connectivity index (χ1n) is 9.24. The molecule has 0 unspecified atom stereocenters. The molecule has 1 amide bonds. The fourth-order valence-corrected chi connectivity index (χ4v) is 4.65. The predicted molar refractivity (Wildman–Crippen MR) is 104 cm³/mol. The molecule has 2 aliphatic rings. The lowest BCUT2D eigenvalue weighted by Crippen LogP contribution is -2.44. The van der Waals surface area contributed by atoms with E-state index in [0.29, 0.717) is 17.7 Å². The topological polar surface area (TPSA) is 67.8 Å². The average Bonchev–Trinajstić information content (AvgIpc) is 3.20. The van der Waals surface area contributed by atoms with Crippen LogP contribution >= 0.6 is 11.3 Å². The molecule has 2 aliphatic heterocycles. The largest absolute Gasteiger partial charge is 0.481 e. The zero-order valence-corrected chi connectivity index (χ0v) is 16.5. The van der Waals surface area contributed by atoms with Crippen molar-refractivity contribution >= 4 is 23.2 Å². The normalized spacial score (nSPS) is 17.6. The Bertz CT molecular complexity index is 795. The zero-order chi connectivity index (χ0) is 18.8. The van der Waals surface area contributed by atoms with E-state index in [1.165, 1.54) is 10.4 Å². The van der Waals surface area contributed by atoms with Crippen molar-refractivity contribution in [3.8, 4) is 11.8 Å². The highest BCUT2D eigenvalue weighted by molar-refractivity contribution is 7.10. The number of anilines is 1. The van der Waals surface area contributed by atoms with E-state index in [1.54, 1.807) is 31.6 Å². The molecule has 8 heteroatoms. The minimum atomic E-state index is 0.0777. The number of hydrogen-bond donors (Lipinski definition) is 0. The Labute approximate surface area is 162 Å². The van der Waals surface area contributed by atoms with Crippen molar-refractivity contribution in [2.24, 2.45) is 5.92 Å². The molecular formula is C19H24N4O3S. The molecule has 4 rings (SSSR count). The number of nitrogens with zero attached hydrogens (tertiary/aromatic N) is 4. The fraction of sp³-hybridized carbons (Fsp3) is 0.526. The van der Waals surface area contributed by atoms with Crippen LogP contribution in [0.25, 0.3) is 0 Å². The molecule has 0 spiro atoms. The van der Waals surface area contributed by atoms with Crippen molar-refractivity contribution in [1.82, 2.24) is 14.9 Å². The Morgan fingerprint density at radius 3 is 2.52 bits per heavy atom. The number of ether oxygens (including phenoxy) is 2. The number of fused-ring (bicyclic) bond motifs is 1. The van der Waals surface area contributed by atoms with Crippen LogP contribution < -0.4 is 14.4 Å². The van der Waals surface area contributed by atoms with E-state index in [-0.39, 0.29) is 11.8 Å². The lowest BCUT2D eigenvalue weighted by atomic mass is 9.94. The summed E-state index contributed by atoms with van der Waals surface area (Å²) in [6.45, 7) is 3.10. The van der Waals surface area contributed by atoms with E-state index in [9.17, 15) is 4.79 Å². The molecule has 27 heavy (non-hydrogen) atoms. The highest BCUT2D eigenvalue weighted by Gasteiger charge is 2.31. The molecule has 1 fully saturated rings. The predicted octanol–water partition coefficient (Wildman–Crippen LogP) is 2.36. The monoisotopic (exact) mass is 388 g/mol. The van der Waals surface area contributed by atoms with Crippen LogP contribution in [0.1, 0.15) is 23.3 Å².